The molecule has 3 N–H and O–H groups in total. The smallest absolute Gasteiger partial charge is 0.325 e. The van der Waals surface area contributed by atoms with E-state index in [2.05, 4.69) is 15.3 Å². The molecule has 1 aromatic carbocycles. The van der Waals surface area contributed by atoms with Crippen LogP contribution in [0.3, 0.4) is 0 Å². The predicted octanol–water partition coefficient (Wildman–Crippen LogP) is 1.46. The molecular formula is C16H17F2N3O3. The van der Waals surface area contributed by atoms with Crippen molar-refractivity contribution in [2.75, 3.05) is 0 Å². The molecule has 6 nitrogen and oxygen atoms in total. The average molecular weight is 337 g/mol. The summed E-state index contributed by atoms with van der Waals surface area (Å²) in [6, 6.07) is 2.30. The van der Waals surface area contributed by atoms with Crippen molar-refractivity contribution in [3.8, 4) is 0 Å². The molecule has 1 aromatic heterocycles. The first-order chi connectivity index (χ1) is 11.3. The zero-order chi connectivity index (χ0) is 17.9. The molecule has 1 heterocycles. The van der Waals surface area contributed by atoms with Crippen molar-refractivity contribution in [1.82, 2.24) is 15.3 Å². The summed E-state index contributed by atoms with van der Waals surface area (Å²) in [6.45, 7) is 3.10. The van der Waals surface area contributed by atoms with Gasteiger partial charge in [0.25, 0.3) is 5.56 Å². The van der Waals surface area contributed by atoms with Gasteiger partial charge in [-0.05, 0) is 38.5 Å². The van der Waals surface area contributed by atoms with Gasteiger partial charge < -0.3 is 10.3 Å². The first kappa shape index (κ1) is 17.6. The van der Waals surface area contributed by atoms with Crippen LogP contribution in [0.25, 0.3) is 0 Å². The summed E-state index contributed by atoms with van der Waals surface area (Å²) in [5.74, 6) is -1.63. The Hall–Kier alpha value is -2.77. The number of halogens is 2. The van der Waals surface area contributed by atoms with Gasteiger partial charge in [0, 0.05) is 23.2 Å². The van der Waals surface area contributed by atoms with Crippen molar-refractivity contribution in [3.05, 3.63) is 67.5 Å². The van der Waals surface area contributed by atoms with Crippen molar-refractivity contribution in [2.45, 2.75) is 32.7 Å². The number of amides is 1. The van der Waals surface area contributed by atoms with Crippen molar-refractivity contribution in [3.63, 3.8) is 0 Å². The second kappa shape index (κ2) is 7.20. The summed E-state index contributed by atoms with van der Waals surface area (Å²) in [4.78, 5) is 39.3. The molecule has 0 unspecified atom stereocenters. The minimum atomic E-state index is -0.719. The van der Waals surface area contributed by atoms with Gasteiger partial charge in [0.1, 0.15) is 11.6 Å². The number of benzene rings is 1. The monoisotopic (exact) mass is 337 g/mol. The fourth-order valence-electron chi connectivity index (χ4n) is 2.40. The number of carbonyl (C=O) groups excluding carboxylic acids is 1. The molecule has 0 aliphatic rings. The molecule has 2 aromatic rings. The molecule has 1 atom stereocenters. The number of rotatable bonds is 5. The maximum Gasteiger partial charge on any atom is 0.325 e. The minimum absolute atomic E-state index is 0.0305. The Balaban J connectivity index is 2.02. The molecule has 0 saturated heterocycles. The molecule has 0 bridgehead atoms. The molecule has 128 valence electrons. The Kier molecular flexibility index (Phi) is 5.28. The van der Waals surface area contributed by atoms with Crippen LogP contribution >= 0.6 is 0 Å². The van der Waals surface area contributed by atoms with E-state index in [4.69, 9.17) is 0 Å². The third-order valence-corrected chi connectivity index (χ3v) is 3.66. The zero-order valence-corrected chi connectivity index (χ0v) is 13.2. The van der Waals surface area contributed by atoms with Crippen LogP contribution in [0.2, 0.25) is 0 Å². The van der Waals surface area contributed by atoms with Crippen LogP contribution in [0.1, 0.15) is 36.2 Å². The number of H-pyrrole nitrogens is 2. The fourth-order valence-corrected chi connectivity index (χ4v) is 2.40. The Morgan fingerprint density at radius 1 is 1.25 bits per heavy atom. The number of hydrogen-bond donors (Lipinski definition) is 3. The fraction of sp³-hybridized carbons (Fsp3) is 0.312. The average Bonchev–Trinajstić information content (AvgIpc) is 2.48. The Morgan fingerprint density at radius 2 is 1.96 bits per heavy atom. The predicted molar refractivity (Wildman–Crippen MR) is 83.7 cm³/mol. The van der Waals surface area contributed by atoms with Crippen molar-refractivity contribution in [1.29, 1.82) is 0 Å². The van der Waals surface area contributed by atoms with Gasteiger partial charge in [0.05, 0.1) is 6.04 Å². The first-order valence-corrected chi connectivity index (χ1v) is 7.34. The van der Waals surface area contributed by atoms with E-state index in [0.717, 1.165) is 18.2 Å². The summed E-state index contributed by atoms with van der Waals surface area (Å²) in [7, 11) is 0. The summed E-state index contributed by atoms with van der Waals surface area (Å²) < 4.78 is 26.9. The van der Waals surface area contributed by atoms with Crippen LogP contribution in [-0.2, 0) is 11.2 Å². The van der Waals surface area contributed by atoms with Crippen LogP contribution in [-0.4, -0.2) is 15.9 Å². The summed E-state index contributed by atoms with van der Waals surface area (Å²) in [6.07, 6.45) is 0.0827. The third kappa shape index (κ3) is 4.15. The summed E-state index contributed by atoms with van der Waals surface area (Å²) in [5.41, 5.74) is -0.425. The topological polar surface area (TPSA) is 94.8 Å². The van der Waals surface area contributed by atoms with E-state index in [9.17, 15) is 23.2 Å². The molecular weight excluding hydrogens is 320 g/mol. The van der Waals surface area contributed by atoms with Gasteiger partial charge in [-0.15, -0.1) is 0 Å². The molecule has 0 aliphatic heterocycles. The molecule has 0 fully saturated rings. The molecule has 1 amide bonds. The number of aryl methyl sites for hydroxylation is 1. The minimum Gasteiger partial charge on any atom is -0.349 e. The van der Waals surface area contributed by atoms with Gasteiger partial charge in [-0.1, -0.05) is 0 Å². The summed E-state index contributed by atoms with van der Waals surface area (Å²) in [5, 5.41) is 2.55. The highest BCUT2D eigenvalue weighted by Gasteiger charge is 2.15. The Bertz CT molecular complexity index is 874. The first-order valence-electron chi connectivity index (χ1n) is 7.34. The van der Waals surface area contributed by atoms with Crippen LogP contribution in [0.4, 0.5) is 8.78 Å². The molecule has 0 spiro atoms. The normalized spacial score (nSPS) is 12.0. The number of nitrogens with one attached hydrogen (secondary N) is 3. The molecule has 0 aliphatic carbocycles. The van der Waals surface area contributed by atoms with Crippen LogP contribution in [0, 0.1) is 18.6 Å². The van der Waals surface area contributed by atoms with Gasteiger partial charge in [0.15, 0.2) is 0 Å². The lowest BCUT2D eigenvalue weighted by Crippen LogP contribution is -2.30. The van der Waals surface area contributed by atoms with Gasteiger partial charge in [-0.25, -0.2) is 13.6 Å². The van der Waals surface area contributed by atoms with Crippen LogP contribution in [0.5, 0.6) is 0 Å². The highest BCUT2D eigenvalue weighted by Crippen LogP contribution is 2.18. The summed E-state index contributed by atoms with van der Waals surface area (Å²) >= 11 is 0. The molecule has 8 heteroatoms. The van der Waals surface area contributed by atoms with Gasteiger partial charge in [-0.3, -0.25) is 14.6 Å². The lowest BCUT2D eigenvalue weighted by atomic mass is 10.1. The van der Waals surface area contributed by atoms with Gasteiger partial charge >= 0.3 is 5.69 Å². The van der Waals surface area contributed by atoms with Crippen LogP contribution < -0.4 is 16.6 Å². The van der Waals surface area contributed by atoms with Gasteiger partial charge in [-0.2, -0.15) is 0 Å². The largest absolute Gasteiger partial charge is 0.349 e. The maximum absolute atomic E-state index is 13.7. The number of carbonyl (C=O) groups is 1. The highest BCUT2D eigenvalue weighted by atomic mass is 19.1. The van der Waals surface area contributed by atoms with E-state index in [1.54, 1.807) is 6.92 Å². The van der Waals surface area contributed by atoms with Crippen molar-refractivity contribution < 1.29 is 13.6 Å². The maximum atomic E-state index is 13.7. The van der Waals surface area contributed by atoms with E-state index in [1.807, 2.05) is 0 Å². The number of aromatic nitrogens is 2. The highest BCUT2D eigenvalue weighted by molar-refractivity contribution is 5.76. The van der Waals surface area contributed by atoms with E-state index in [0.29, 0.717) is 11.3 Å². The molecule has 24 heavy (non-hydrogen) atoms. The lowest BCUT2D eigenvalue weighted by Gasteiger charge is -2.15. The number of aromatic amines is 2. The Morgan fingerprint density at radius 3 is 2.62 bits per heavy atom. The molecule has 0 saturated carbocycles. The van der Waals surface area contributed by atoms with E-state index in [-0.39, 0.29) is 18.4 Å². The second-order valence-corrected chi connectivity index (χ2v) is 5.47. The second-order valence-electron chi connectivity index (χ2n) is 5.47. The van der Waals surface area contributed by atoms with Crippen molar-refractivity contribution >= 4 is 5.91 Å². The zero-order valence-electron chi connectivity index (χ0n) is 13.2. The standard InChI is InChI=1S/C16H17F2N3O3/c1-8-11(15(23)21-16(24)20-8)4-6-14(22)19-9(2)12-7-10(17)3-5-13(12)18/h3,5,7,9H,4,6H2,1-2H3,(H,19,22)(H2,20,21,23,24)/t9-/m1/s1. The molecule has 2 rings (SSSR count). The van der Waals surface area contributed by atoms with Gasteiger partial charge in [0.2, 0.25) is 5.91 Å². The SMILES string of the molecule is Cc1[nH]c(=O)[nH]c(=O)c1CCC(=O)N[C@H](C)c1cc(F)ccc1F. The lowest BCUT2D eigenvalue weighted by molar-refractivity contribution is -0.121. The third-order valence-electron chi connectivity index (χ3n) is 3.66. The quantitative estimate of drug-likeness (QED) is 0.771. The Labute approximate surface area is 135 Å². The molecule has 0 radical (unpaired) electrons. The van der Waals surface area contributed by atoms with E-state index < -0.39 is 34.8 Å². The van der Waals surface area contributed by atoms with Crippen molar-refractivity contribution in [2.24, 2.45) is 0 Å². The van der Waals surface area contributed by atoms with Crippen LogP contribution in [0.15, 0.2) is 27.8 Å². The number of hydrogen-bond acceptors (Lipinski definition) is 3. The van der Waals surface area contributed by atoms with E-state index >= 15 is 0 Å². The van der Waals surface area contributed by atoms with E-state index in [1.165, 1.54) is 6.92 Å².